The van der Waals surface area contributed by atoms with Crippen LogP contribution < -0.4 is 5.32 Å². The molecular formula is C16H25N3O. The van der Waals surface area contributed by atoms with Gasteiger partial charge in [0.25, 0.3) is 0 Å². The first-order valence-corrected chi connectivity index (χ1v) is 7.83. The Bertz CT molecular complexity index is 467. The average molecular weight is 275 g/mol. The van der Waals surface area contributed by atoms with Crippen LogP contribution in [0.2, 0.25) is 0 Å². The molecule has 4 atom stereocenters. The van der Waals surface area contributed by atoms with Crippen molar-refractivity contribution in [3.63, 3.8) is 0 Å². The van der Waals surface area contributed by atoms with Crippen LogP contribution >= 0.6 is 0 Å². The number of hydrogen-bond donors (Lipinski definition) is 1. The fourth-order valence-corrected chi connectivity index (χ4v) is 3.62. The summed E-state index contributed by atoms with van der Waals surface area (Å²) in [6.45, 7) is 6.32. The summed E-state index contributed by atoms with van der Waals surface area (Å²) < 4.78 is 5.81. The number of rotatable bonds is 2. The average Bonchev–Trinajstić information content (AvgIpc) is 2.38. The predicted octanol–water partition coefficient (Wildman–Crippen LogP) is 2.19. The lowest BCUT2D eigenvalue weighted by molar-refractivity contribution is -0.0437. The Hall–Kier alpha value is -1.00. The zero-order valence-electron chi connectivity index (χ0n) is 12.7. The largest absolute Gasteiger partial charge is 0.375 e. The van der Waals surface area contributed by atoms with Gasteiger partial charge < -0.3 is 10.1 Å². The SMILES string of the molecule is Cc1ncc2c(n1)CCC(NC1C[C@@H](C)O[C@@H](C)C1)C2. The molecule has 2 unspecified atom stereocenters. The van der Waals surface area contributed by atoms with Gasteiger partial charge >= 0.3 is 0 Å². The van der Waals surface area contributed by atoms with E-state index in [1.165, 1.54) is 17.7 Å². The highest BCUT2D eigenvalue weighted by molar-refractivity contribution is 5.22. The van der Waals surface area contributed by atoms with E-state index < -0.39 is 0 Å². The maximum atomic E-state index is 5.81. The Labute approximate surface area is 121 Å². The third kappa shape index (κ3) is 3.18. The van der Waals surface area contributed by atoms with Gasteiger partial charge in [-0.1, -0.05) is 0 Å². The summed E-state index contributed by atoms with van der Waals surface area (Å²) in [5.74, 6) is 0.891. The third-order valence-corrected chi connectivity index (χ3v) is 4.44. The van der Waals surface area contributed by atoms with Crippen LogP contribution in [0, 0.1) is 6.92 Å². The highest BCUT2D eigenvalue weighted by Crippen LogP contribution is 2.23. The first-order chi connectivity index (χ1) is 9.60. The van der Waals surface area contributed by atoms with Crippen LogP contribution in [0.15, 0.2) is 6.20 Å². The molecule has 1 fully saturated rings. The van der Waals surface area contributed by atoms with Gasteiger partial charge in [-0.25, -0.2) is 9.97 Å². The molecule has 4 nitrogen and oxygen atoms in total. The number of hydrogen-bond acceptors (Lipinski definition) is 4. The van der Waals surface area contributed by atoms with Crippen molar-refractivity contribution in [2.45, 2.75) is 77.2 Å². The molecule has 0 aromatic carbocycles. The van der Waals surface area contributed by atoms with Crippen molar-refractivity contribution in [2.24, 2.45) is 0 Å². The Kier molecular flexibility index (Phi) is 4.03. The summed E-state index contributed by atoms with van der Waals surface area (Å²) in [6.07, 6.45) is 8.33. The molecule has 3 rings (SSSR count). The molecule has 0 saturated carbocycles. The molecule has 1 N–H and O–H groups in total. The van der Waals surface area contributed by atoms with Gasteiger partial charge in [0, 0.05) is 24.0 Å². The lowest BCUT2D eigenvalue weighted by atomic mass is 9.90. The Morgan fingerprint density at radius 2 is 1.95 bits per heavy atom. The standard InChI is InChI=1S/C16H25N3O/c1-10-6-15(7-11(2)20-10)19-14-4-5-16-13(8-14)9-17-12(3)18-16/h9-11,14-15,19H,4-8H2,1-3H3/t10-,11+,14?,15?. The van der Waals surface area contributed by atoms with E-state index in [2.05, 4.69) is 29.1 Å². The van der Waals surface area contributed by atoms with Gasteiger partial charge in [0.15, 0.2) is 0 Å². The van der Waals surface area contributed by atoms with Crippen molar-refractivity contribution < 1.29 is 4.74 Å². The second-order valence-electron chi connectivity index (χ2n) is 6.42. The molecule has 0 spiro atoms. The first kappa shape index (κ1) is 14.0. The van der Waals surface area contributed by atoms with E-state index in [4.69, 9.17) is 4.74 Å². The monoisotopic (exact) mass is 275 g/mol. The molecule has 1 saturated heterocycles. The summed E-state index contributed by atoms with van der Waals surface area (Å²) in [4.78, 5) is 8.90. The van der Waals surface area contributed by atoms with Gasteiger partial charge in [-0.05, 0) is 58.4 Å². The molecule has 4 heteroatoms. The molecule has 0 radical (unpaired) electrons. The molecule has 0 amide bonds. The number of ether oxygens (including phenoxy) is 1. The van der Waals surface area contributed by atoms with E-state index in [0.717, 1.165) is 31.5 Å². The lowest BCUT2D eigenvalue weighted by Gasteiger charge is -2.36. The van der Waals surface area contributed by atoms with Crippen molar-refractivity contribution in [1.29, 1.82) is 0 Å². The molecule has 20 heavy (non-hydrogen) atoms. The van der Waals surface area contributed by atoms with Crippen LogP contribution in [0.5, 0.6) is 0 Å². The normalized spacial score (nSPS) is 33.8. The quantitative estimate of drug-likeness (QED) is 0.899. The number of aryl methyl sites for hydroxylation is 2. The highest BCUT2D eigenvalue weighted by Gasteiger charge is 2.28. The summed E-state index contributed by atoms with van der Waals surface area (Å²) in [7, 11) is 0. The van der Waals surface area contributed by atoms with E-state index >= 15 is 0 Å². The highest BCUT2D eigenvalue weighted by atomic mass is 16.5. The third-order valence-electron chi connectivity index (χ3n) is 4.44. The summed E-state index contributed by atoms with van der Waals surface area (Å²) in [5.41, 5.74) is 2.58. The summed E-state index contributed by atoms with van der Waals surface area (Å²) >= 11 is 0. The fourth-order valence-electron chi connectivity index (χ4n) is 3.62. The number of fused-ring (bicyclic) bond motifs is 1. The minimum atomic E-state index is 0.373. The lowest BCUT2D eigenvalue weighted by Crippen LogP contribution is -2.47. The van der Waals surface area contributed by atoms with Gasteiger partial charge in [-0.2, -0.15) is 0 Å². The van der Waals surface area contributed by atoms with Gasteiger partial charge in [0.2, 0.25) is 0 Å². The fraction of sp³-hybridized carbons (Fsp3) is 0.750. The second-order valence-corrected chi connectivity index (χ2v) is 6.42. The molecule has 110 valence electrons. The smallest absolute Gasteiger partial charge is 0.125 e. The number of nitrogens with one attached hydrogen (secondary N) is 1. The Balaban J connectivity index is 1.61. The summed E-state index contributed by atoms with van der Waals surface area (Å²) in [5, 5.41) is 3.84. The van der Waals surface area contributed by atoms with Gasteiger partial charge in [-0.3, -0.25) is 0 Å². The van der Waals surface area contributed by atoms with E-state index in [1.54, 1.807) is 0 Å². The first-order valence-electron chi connectivity index (χ1n) is 7.83. The van der Waals surface area contributed by atoms with Gasteiger partial charge in [0.05, 0.1) is 12.2 Å². The molecular weight excluding hydrogens is 250 g/mol. The van der Waals surface area contributed by atoms with Gasteiger partial charge in [0.1, 0.15) is 5.82 Å². The molecule has 2 aliphatic rings. The van der Waals surface area contributed by atoms with Crippen molar-refractivity contribution in [3.8, 4) is 0 Å². The van der Waals surface area contributed by atoms with Crippen molar-refractivity contribution >= 4 is 0 Å². The minimum Gasteiger partial charge on any atom is -0.375 e. The van der Waals surface area contributed by atoms with E-state index in [1.807, 2.05) is 13.1 Å². The van der Waals surface area contributed by atoms with Crippen LogP contribution in [0.25, 0.3) is 0 Å². The maximum absolute atomic E-state index is 5.81. The molecule has 1 aromatic heterocycles. The minimum absolute atomic E-state index is 0.373. The van der Waals surface area contributed by atoms with Crippen LogP contribution in [0.4, 0.5) is 0 Å². The van der Waals surface area contributed by atoms with Gasteiger partial charge in [-0.15, -0.1) is 0 Å². The molecule has 2 heterocycles. The van der Waals surface area contributed by atoms with Crippen molar-refractivity contribution in [2.75, 3.05) is 0 Å². The van der Waals surface area contributed by atoms with Crippen molar-refractivity contribution in [3.05, 3.63) is 23.3 Å². The van der Waals surface area contributed by atoms with E-state index in [0.29, 0.717) is 24.3 Å². The van der Waals surface area contributed by atoms with Crippen LogP contribution in [0.1, 0.15) is 50.2 Å². The molecule has 1 aromatic rings. The van der Waals surface area contributed by atoms with E-state index in [9.17, 15) is 0 Å². The number of aromatic nitrogens is 2. The second kappa shape index (κ2) is 5.78. The zero-order valence-corrected chi connectivity index (χ0v) is 12.7. The van der Waals surface area contributed by atoms with E-state index in [-0.39, 0.29) is 0 Å². The Morgan fingerprint density at radius 3 is 2.70 bits per heavy atom. The maximum Gasteiger partial charge on any atom is 0.125 e. The van der Waals surface area contributed by atoms with Crippen LogP contribution in [-0.2, 0) is 17.6 Å². The molecule has 1 aliphatic carbocycles. The Morgan fingerprint density at radius 1 is 1.20 bits per heavy atom. The topological polar surface area (TPSA) is 47.0 Å². The van der Waals surface area contributed by atoms with Crippen LogP contribution in [0.3, 0.4) is 0 Å². The molecule has 0 bridgehead atoms. The predicted molar refractivity (Wildman–Crippen MR) is 78.7 cm³/mol. The zero-order chi connectivity index (χ0) is 14.1. The number of nitrogens with zero attached hydrogens (tertiary/aromatic N) is 2. The van der Waals surface area contributed by atoms with Crippen LogP contribution in [-0.4, -0.2) is 34.3 Å². The van der Waals surface area contributed by atoms with Crippen molar-refractivity contribution in [1.82, 2.24) is 15.3 Å². The summed E-state index contributed by atoms with van der Waals surface area (Å²) in [6, 6.07) is 1.16. The molecule has 1 aliphatic heterocycles.